The van der Waals surface area contributed by atoms with Gasteiger partial charge in [0.25, 0.3) is 0 Å². The van der Waals surface area contributed by atoms with E-state index in [2.05, 4.69) is 0 Å². The molecule has 1 unspecified atom stereocenters. The molecule has 6 rings (SSSR count). The van der Waals surface area contributed by atoms with Crippen molar-refractivity contribution in [2.75, 3.05) is 0 Å². The number of fused-ring (bicyclic) bond motifs is 4. The largest absolute Gasteiger partial charge is 0.507 e. The molecule has 3 N–H and O–H groups in total. The van der Waals surface area contributed by atoms with Crippen LogP contribution in [0, 0.1) is 0 Å². The van der Waals surface area contributed by atoms with Crippen LogP contribution < -0.4 is 0 Å². The molecule has 1 aliphatic heterocycles. The maximum Gasteiger partial charge on any atom is 0.198 e. The van der Waals surface area contributed by atoms with Gasteiger partial charge in [-0.05, 0) is 35.2 Å². The number of aliphatic hydroxyl groups is 1. The van der Waals surface area contributed by atoms with Crippen LogP contribution in [0.3, 0.4) is 0 Å². The van der Waals surface area contributed by atoms with Crippen molar-refractivity contribution < 1.29 is 29.6 Å². The molecule has 0 aromatic heterocycles. The van der Waals surface area contributed by atoms with Gasteiger partial charge in [-0.2, -0.15) is 0 Å². The van der Waals surface area contributed by atoms with Crippen molar-refractivity contribution in [2.24, 2.45) is 0 Å². The number of phenolic OH excluding ortho intramolecular Hbond substituents is 2. The molecule has 4 atom stereocenters. The number of carbonyl (C=O) groups excluding carboxylic acids is 2. The smallest absolute Gasteiger partial charge is 0.198 e. The van der Waals surface area contributed by atoms with E-state index in [-0.39, 0.29) is 47.0 Å². The molecule has 0 spiro atoms. The molecule has 0 bridgehead atoms. The highest BCUT2D eigenvalue weighted by molar-refractivity contribution is 6.10. The Morgan fingerprint density at radius 3 is 2.46 bits per heavy atom. The highest BCUT2D eigenvalue weighted by atomic mass is 16.6. The van der Waals surface area contributed by atoms with E-state index in [4.69, 9.17) is 4.74 Å². The standard InChI is InChI=1S/C20H14O6/c21-9-4-2-8-7-1-3-10(22)14-12(7)16(18-19(26-18)17(14)24)20(25)6-5-11(23)13(9)15(8)20/h1-4,16,18-19,21-22,25H,5-6H2/t16-,18?,19-,20-/m0/s1. The maximum atomic E-state index is 12.7. The Morgan fingerprint density at radius 2 is 1.69 bits per heavy atom. The summed E-state index contributed by atoms with van der Waals surface area (Å²) in [6, 6.07) is 6.26. The van der Waals surface area contributed by atoms with E-state index >= 15 is 0 Å². The van der Waals surface area contributed by atoms with Crippen LogP contribution in [0.5, 0.6) is 11.5 Å². The molecular formula is C20H14O6. The van der Waals surface area contributed by atoms with Crippen LogP contribution in [0.2, 0.25) is 0 Å². The van der Waals surface area contributed by atoms with Gasteiger partial charge in [0.15, 0.2) is 11.6 Å². The summed E-state index contributed by atoms with van der Waals surface area (Å²) in [6.07, 6.45) is -0.851. The number of Topliss-reactive ketones (excluding diaryl/α,β-unsaturated/α-hetero) is 2. The monoisotopic (exact) mass is 350 g/mol. The molecule has 3 aliphatic carbocycles. The fourth-order valence-corrected chi connectivity index (χ4v) is 5.24. The number of epoxide rings is 1. The van der Waals surface area contributed by atoms with Crippen LogP contribution in [0.4, 0.5) is 0 Å². The Bertz CT molecular complexity index is 1070. The van der Waals surface area contributed by atoms with Gasteiger partial charge in [-0.25, -0.2) is 0 Å². The van der Waals surface area contributed by atoms with Crippen molar-refractivity contribution >= 4 is 11.6 Å². The second-order valence-corrected chi connectivity index (χ2v) is 7.51. The minimum Gasteiger partial charge on any atom is -0.507 e. The summed E-state index contributed by atoms with van der Waals surface area (Å²) >= 11 is 0. The van der Waals surface area contributed by atoms with Crippen molar-refractivity contribution in [3.8, 4) is 22.6 Å². The third-order valence-electron chi connectivity index (χ3n) is 6.33. The molecule has 0 radical (unpaired) electrons. The van der Waals surface area contributed by atoms with E-state index in [1.165, 1.54) is 12.1 Å². The first-order valence-corrected chi connectivity index (χ1v) is 8.61. The van der Waals surface area contributed by atoms with Crippen molar-refractivity contribution in [1.29, 1.82) is 0 Å². The Balaban J connectivity index is 1.80. The summed E-state index contributed by atoms with van der Waals surface area (Å²) in [5.74, 6) is -1.28. The topological polar surface area (TPSA) is 107 Å². The van der Waals surface area contributed by atoms with E-state index in [1.54, 1.807) is 12.1 Å². The molecule has 130 valence electrons. The van der Waals surface area contributed by atoms with Gasteiger partial charge in [0, 0.05) is 17.9 Å². The fraction of sp³-hybridized carbons (Fsp3) is 0.300. The second-order valence-electron chi connectivity index (χ2n) is 7.51. The van der Waals surface area contributed by atoms with Gasteiger partial charge in [-0.1, -0.05) is 12.1 Å². The Kier molecular flexibility index (Phi) is 2.32. The van der Waals surface area contributed by atoms with E-state index in [0.29, 0.717) is 22.3 Å². The molecule has 2 aromatic carbocycles. The van der Waals surface area contributed by atoms with Gasteiger partial charge in [0.05, 0.1) is 11.1 Å². The van der Waals surface area contributed by atoms with Crippen molar-refractivity contribution in [3.05, 3.63) is 46.5 Å². The Labute approximate surface area is 147 Å². The maximum absolute atomic E-state index is 12.7. The molecule has 6 heteroatoms. The average molecular weight is 350 g/mol. The first-order chi connectivity index (χ1) is 12.4. The lowest BCUT2D eigenvalue weighted by Crippen LogP contribution is -2.46. The minimum absolute atomic E-state index is 0.103. The Morgan fingerprint density at radius 1 is 1.00 bits per heavy atom. The first-order valence-electron chi connectivity index (χ1n) is 8.61. The molecule has 4 aliphatic rings. The number of aromatic hydroxyl groups is 2. The SMILES string of the molecule is O=C1CC[C@]2(O)c3c(ccc(O)c31)-c1ccc(O)c3c1[C@H]2C1O[C@H]1C3=O. The lowest BCUT2D eigenvalue weighted by Gasteiger charge is -2.46. The summed E-state index contributed by atoms with van der Waals surface area (Å²) < 4.78 is 5.59. The number of phenols is 2. The van der Waals surface area contributed by atoms with Gasteiger partial charge >= 0.3 is 0 Å². The molecule has 2 aromatic rings. The summed E-state index contributed by atoms with van der Waals surface area (Å²) in [5, 5.41) is 32.3. The third-order valence-corrected chi connectivity index (χ3v) is 6.33. The number of hydrogen-bond donors (Lipinski definition) is 3. The predicted octanol–water partition coefficient (Wildman–Crippen LogP) is 1.99. The van der Waals surface area contributed by atoms with E-state index in [1.807, 2.05) is 0 Å². The summed E-state index contributed by atoms with van der Waals surface area (Å²) in [6.45, 7) is 0. The van der Waals surface area contributed by atoms with Crippen molar-refractivity contribution in [2.45, 2.75) is 36.6 Å². The van der Waals surface area contributed by atoms with Crippen molar-refractivity contribution in [1.82, 2.24) is 0 Å². The summed E-state index contributed by atoms with van der Waals surface area (Å²) in [4.78, 5) is 25.1. The van der Waals surface area contributed by atoms with Gasteiger partial charge in [-0.3, -0.25) is 9.59 Å². The van der Waals surface area contributed by atoms with Crippen LogP contribution in [0.15, 0.2) is 24.3 Å². The molecule has 1 heterocycles. The zero-order valence-electron chi connectivity index (χ0n) is 13.5. The molecule has 1 fully saturated rings. The minimum atomic E-state index is -1.42. The summed E-state index contributed by atoms with van der Waals surface area (Å²) in [7, 11) is 0. The van der Waals surface area contributed by atoms with Gasteiger partial charge in [-0.15, -0.1) is 0 Å². The number of carbonyl (C=O) groups is 2. The lowest BCUT2D eigenvalue weighted by atomic mass is 9.58. The zero-order valence-corrected chi connectivity index (χ0v) is 13.5. The number of rotatable bonds is 0. The average Bonchev–Trinajstić information content (AvgIpc) is 3.40. The van der Waals surface area contributed by atoms with E-state index < -0.39 is 23.7 Å². The summed E-state index contributed by atoms with van der Waals surface area (Å²) in [5.41, 5.74) is 1.27. The second kappa shape index (κ2) is 4.16. The van der Waals surface area contributed by atoms with Crippen molar-refractivity contribution in [3.63, 3.8) is 0 Å². The zero-order chi connectivity index (χ0) is 18.0. The van der Waals surface area contributed by atoms with Crippen LogP contribution in [-0.2, 0) is 10.3 Å². The van der Waals surface area contributed by atoms with Gasteiger partial charge in [0.1, 0.15) is 29.3 Å². The van der Waals surface area contributed by atoms with Gasteiger partial charge in [0.2, 0.25) is 0 Å². The molecule has 0 amide bonds. The normalized spacial score (nSPS) is 32.6. The van der Waals surface area contributed by atoms with E-state index in [9.17, 15) is 24.9 Å². The fourth-order valence-electron chi connectivity index (χ4n) is 5.24. The predicted molar refractivity (Wildman–Crippen MR) is 88.4 cm³/mol. The van der Waals surface area contributed by atoms with Gasteiger partial charge < -0.3 is 20.1 Å². The number of hydrogen-bond acceptors (Lipinski definition) is 6. The molecule has 6 nitrogen and oxygen atoms in total. The van der Waals surface area contributed by atoms with Crippen LogP contribution >= 0.6 is 0 Å². The van der Waals surface area contributed by atoms with E-state index in [0.717, 1.165) is 0 Å². The highest BCUT2D eigenvalue weighted by Gasteiger charge is 2.65. The highest BCUT2D eigenvalue weighted by Crippen LogP contribution is 2.63. The van der Waals surface area contributed by atoms with Crippen LogP contribution in [0.1, 0.15) is 50.6 Å². The van der Waals surface area contributed by atoms with Crippen LogP contribution in [0.25, 0.3) is 11.1 Å². The Hall–Kier alpha value is -2.70. The first kappa shape index (κ1) is 14.5. The molecular weight excluding hydrogens is 336 g/mol. The third kappa shape index (κ3) is 1.40. The van der Waals surface area contributed by atoms with Crippen LogP contribution in [-0.4, -0.2) is 39.1 Å². The molecule has 1 saturated heterocycles. The quantitative estimate of drug-likeness (QED) is 0.627. The molecule has 26 heavy (non-hydrogen) atoms. The number of ether oxygens (including phenoxy) is 1. The number of ketones is 2. The molecule has 0 saturated carbocycles. The number of benzene rings is 2. The lowest BCUT2D eigenvalue weighted by molar-refractivity contribution is -0.0177.